The molecule has 0 N–H and O–H groups in total. The molecule has 0 atom stereocenters. The molecule has 0 aliphatic heterocycles. The molecule has 0 heterocycles. The van der Waals surface area contributed by atoms with Crippen molar-refractivity contribution in [3.05, 3.63) is 59.3 Å². The third-order valence-electron chi connectivity index (χ3n) is 4.59. The third-order valence-corrected chi connectivity index (χ3v) is 7.42. The molecular weight excluding hydrogens is 324 g/mol. The van der Waals surface area contributed by atoms with Crippen LogP contribution in [0.5, 0.6) is 11.5 Å². The highest BCUT2D eigenvalue weighted by Gasteiger charge is 2.22. The molecule has 134 valence electrons. The minimum absolute atomic E-state index is 0.0425. The van der Waals surface area contributed by atoms with Crippen molar-refractivity contribution in [2.75, 3.05) is 14.2 Å². The average Bonchev–Trinajstić information content (AvgIpc) is 2.59. The van der Waals surface area contributed by atoms with Gasteiger partial charge in [0.1, 0.15) is 19.6 Å². The zero-order chi connectivity index (χ0) is 18.7. The van der Waals surface area contributed by atoms with Crippen molar-refractivity contribution in [3.8, 4) is 11.5 Å². The lowest BCUT2D eigenvalue weighted by Crippen LogP contribution is -2.39. The van der Waals surface area contributed by atoms with Gasteiger partial charge in [0.15, 0.2) is 0 Å². The molecule has 0 aromatic heterocycles. The number of hydrogen-bond donors (Lipinski definition) is 0. The largest absolute Gasteiger partial charge is 0.496 e. The lowest BCUT2D eigenvalue weighted by molar-refractivity contribution is 0.389. The van der Waals surface area contributed by atoms with Gasteiger partial charge >= 0.3 is 0 Å². The molecule has 0 fully saturated rings. The Kier molecular flexibility index (Phi) is 5.78. The van der Waals surface area contributed by atoms with Crippen molar-refractivity contribution >= 4 is 19.3 Å². The first-order valence-corrected chi connectivity index (χ1v) is 11.8. The van der Waals surface area contributed by atoms with E-state index in [0.29, 0.717) is 0 Å². The van der Waals surface area contributed by atoms with Gasteiger partial charge in [-0.2, -0.15) is 0 Å². The fourth-order valence-corrected chi connectivity index (χ4v) is 4.62. The zero-order valence-corrected chi connectivity index (χ0v) is 17.5. The molecule has 0 spiro atoms. The van der Waals surface area contributed by atoms with E-state index in [4.69, 9.17) is 9.47 Å². The Bertz CT molecular complexity index is 715. The molecule has 25 heavy (non-hydrogen) atoms. The van der Waals surface area contributed by atoms with Gasteiger partial charge in [-0.25, -0.2) is 0 Å². The van der Waals surface area contributed by atoms with E-state index >= 15 is 0 Å². The highest BCUT2D eigenvalue weighted by atomic mass is 28.3. The number of rotatable bonds is 5. The summed E-state index contributed by atoms with van der Waals surface area (Å²) in [6.07, 6.45) is 2.17. The van der Waals surface area contributed by atoms with Crippen LogP contribution in [0.3, 0.4) is 0 Å². The normalized spacial score (nSPS) is 12.4. The van der Waals surface area contributed by atoms with Crippen molar-refractivity contribution in [2.45, 2.75) is 39.3 Å². The topological polar surface area (TPSA) is 18.5 Å². The van der Waals surface area contributed by atoms with E-state index in [9.17, 15) is 0 Å². The number of ether oxygens (including phenoxy) is 2. The van der Waals surface area contributed by atoms with Gasteiger partial charge < -0.3 is 9.47 Å². The molecule has 2 nitrogen and oxygen atoms in total. The molecule has 0 aliphatic rings. The standard InChI is InChI=1S/C22H30O2Si/c1-22(2,3)17-15-20(23-4)19(21(16-17)24-5)13-14-25(6,7)18-11-9-8-10-12-18/h8-16H,1-7H3/b14-13+. The van der Waals surface area contributed by atoms with Crippen LogP contribution in [0.1, 0.15) is 31.9 Å². The van der Waals surface area contributed by atoms with Crippen LogP contribution in [0.2, 0.25) is 13.1 Å². The van der Waals surface area contributed by atoms with E-state index < -0.39 is 8.07 Å². The zero-order valence-electron chi connectivity index (χ0n) is 16.5. The van der Waals surface area contributed by atoms with Crippen molar-refractivity contribution in [3.63, 3.8) is 0 Å². The second-order valence-corrected chi connectivity index (χ2v) is 12.3. The maximum Gasteiger partial charge on any atom is 0.130 e. The monoisotopic (exact) mass is 354 g/mol. The van der Waals surface area contributed by atoms with Crippen LogP contribution in [-0.2, 0) is 5.41 Å². The van der Waals surface area contributed by atoms with Crippen LogP contribution in [0.25, 0.3) is 6.08 Å². The number of benzene rings is 2. The van der Waals surface area contributed by atoms with E-state index in [2.05, 4.69) is 88.1 Å². The van der Waals surface area contributed by atoms with Crippen LogP contribution < -0.4 is 14.7 Å². The second kappa shape index (κ2) is 7.48. The fourth-order valence-electron chi connectivity index (χ4n) is 2.79. The minimum Gasteiger partial charge on any atom is -0.496 e. The summed E-state index contributed by atoms with van der Waals surface area (Å²) in [4.78, 5) is 0. The fraction of sp³-hybridized carbons (Fsp3) is 0.364. The van der Waals surface area contributed by atoms with E-state index in [0.717, 1.165) is 17.1 Å². The lowest BCUT2D eigenvalue weighted by atomic mass is 9.86. The van der Waals surface area contributed by atoms with Crippen LogP contribution in [0, 0.1) is 0 Å². The Morgan fingerprint density at radius 3 is 1.84 bits per heavy atom. The third kappa shape index (κ3) is 4.54. The molecule has 2 aromatic carbocycles. The summed E-state index contributed by atoms with van der Waals surface area (Å²) in [5.74, 6) is 1.72. The van der Waals surface area contributed by atoms with Gasteiger partial charge in [-0.1, -0.05) is 81.2 Å². The van der Waals surface area contributed by atoms with Crippen molar-refractivity contribution in [2.24, 2.45) is 0 Å². The molecule has 0 unspecified atom stereocenters. The smallest absolute Gasteiger partial charge is 0.130 e. The van der Waals surface area contributed by atoms with E-state index in [-0.39, 0.29) is 5.41 Å². The summed E-state index contributed by atoms with van der Waals surface area (Å²) in [5.41, 5.74) is 4.60. The van der Waals surface area contributed by atoms with Crippen molar-refractivity contribution in [1.29, 1.82) is 0 Å². The Morgan fingerprint density at radius 2 is 1.40 bits per heavy atom. The molecule has 0 amide bonds. The summed E-state index contributed by atoms with van der Waals surface area (Å²) < 4.78 is 11.4. The van der Waals surface area contributed by atoms with Gasteiger partial charge in [0.25, 0.3) is 0 Å². The summed E-state index contributed by atoms with van der Waals surface area (Å²) in [7, 11) is 1.77. The van der Waals surface area contributed by atoms with E-state index in [1.165, 1.54) is 10.8 Å². The van der Waals surface area contributed by atoms with Crippen LogP contribution in [0.15, 0.2) is 48.2 Å². The Morgan fingerprint density at radius 1 is 0.880 bits per heavy atom. The first-order chi connectivity index (χ1) is 11.7. The predicted octanol–water partition coefficient (Wildman–Crippen LogP) is 5.17. The van der Waals surface area contributed by atoms with Gasteiger partial charge in [-0.15, -0.1) is 0 Å². The molecule has 0 aliphatic carbocycles. The molecule has 0 radical (unpaired) electrons. The van der Waals surface area contributed by atoms with Gasteiger partial charge in [0.05, 0.1) is 19.8 Å². The summed E-state index contributed by atoms with van der Waals surface area (Å²) in [6.45, 7) is 11.3. The van der Waals surface area contributed by atoms with Gasteiger partial charge in [0.2, 0.25) is 0 Å². The first-order valence-electron chi connectivity index (χ1n) is 8.70. The minimum atomic E-state index is -1.68. The van der Waals surface area contributed by atoms with Gasteiger partial charge in [-0.05, 0) is 23.1 Å². The highest BCUT2D eigenvalue weighted by Crippen LogP contribution is 2.36. The summed E-state index contributed by atoms with van der Waals surface area (Å²) >= 11 is 0. The quantitative estimate of drug-likeness (QED) is 0.690. The molecule has 3 heteroatoms. The number of hydrogen-bond acceptors (Lipinski definition) is 2. The molecule has 2 aromatic rings. The number of methoxy groups -OCH3 is 2. The highest BCUT2D eigenvalue weighted by molar-refractivity contribution is 6.94. The first kappa shape index (κ1) is 19.3. The Labute approximate surface area is 153 Å². The van der Waals surface area contributed by atoms with Crippen LogP contribution in [0.4, 0.5) is 0 Å². The molecule has 2 rings (SSSR count). The molecular formula is C22H30O2Si. The Hall–Kier alpha value is -2.00. The van der Waals surface area contributed by atoms with Crippen LogP contribution >= 0.6 is 0 Å². The van der Waals surface area contributed by atoms with Gasteiger partial charge in [-0.3, -0.25) is 0 Å². The van der Waals surface area contributed by atoms with E-state index in [1.54, 1.807) is 14.2 Å². The molecule has 0 saturated heterocycles. The second-order valence-electron chi connectivity index (χ2n) is 7.97. The lowest BCUT2D eigenvalue weighted by Gasteiger charge is -2.23. The average molecular weight is 355 g/mol. The SMILES string of the molecule is COc1cc(C(C)(C)C)cc(OC)c1/C=C/[Si](C)(C)c1ccccc1. The molecule has 0 saturated carbocycles. The van der Waals surface area contributed by atoms with Crippen molar-refractivity contribution < 1.29 is 9.47 Å². The predicted molar refractivity (Wildman–Crippen MR) is 111 cm³/mol. The molecule has 0 bridgehead atoms. The summed E-state index contributed by atoms with van der Waals surface area (Å²) in [6, 6.07) is 15.0. The maximum atomic E-state index is 5.68. The van der Waals surface area contributed by atoms with Crippen molar-refractivity contribution in [1.82, 2.24) is 0 Å². The van der Waals surface area contributed by atoms with Gasteiger partial charge in [0, 0.05) is 0 Å². The maximum absolute atomic E-state index is 5.68. The van der Waals surface area contributed by atoms with E-state index in [1.807, 2.05) is 0 Å². The van der Waals surface area contributed by atoms with Crippen LogP contribution in [-0.4, -0.2) is 22.3 Å². The summed E-state index contributed by atoms with van der Waals surface area (Å²) in [5, 5.41) is 1.41. The Balaban J connectivity index is 2.48.